The van der Waals surface area contributed by atoms with E-state index in [0.717, 1.165) is 6.20 Å². The van der Waals surface area contributed by atoms with Gasteiger partial charge in [-0.3, -0.25) is 9.78 Å². The average Bonchev–Trinajstić information content (AvgIpc) is 3.05. The molecule has 11 heteroatoms. The lowest BCUT2D eigenvalue weighted by molar-refractivity contribution is -0.145. The lowest BCUT2D eigenvalue weighted by Gasteiger charge is -2.10. The first kappa shape index (κ1) is 18.6. The summed E-state index contributed by atoms with van der Waals surface area (Å²) >= 11 is 0. The zero-order valence-corrected chi connectivity index (χ0v) is 15.3. The van der Waals surface area contributed by atoms with Crippen molar-refractivity contribution in [2.24, 2.45) is 0 Å². The van der Waals surface area contributed by atoms with Gasteiger partial charge in [-0.15, -0.1) is 5.10 Å². The highest BCUT2D eigenvalue weighted by atomic mass is 19.4. The zero-order valence-electron chi connectivity index (χ0n) is 15.3. The molecule has 0 saturated heterocycles. The maximum atomic E-state index is 13.0. The molecule has 1 aliphatic rings. The van der Waals surface area contributed by atoms with Gasteiger partial charge in [-0.25, -0.2) is 9.97 Å². The number of fused-ring (bicyclic) bond motifs is 5. The Hall–Kier alpha value is -4.46. The Morgan fingerprint density at radius 3 is 2.65 bits per heavy atom. The Morgan fingerprint density at radius 1 is 1.06 bits per heavy atom. The molecule has 0 fully saturated rings. The third kappa shape index (κ3) is 2.93. The fraction of sp³-hybridized carbons (Fsp3) is 0.0500. The van der Waals surface area contributed by atoms with Crippen LogP contribution < -0.4 is 5.32 Å². The van der Waals surface area contributed by atoms with Crippen LogP contribution in [0, 0.1) is 11.3 Å². The molecule has 0 saturated carbocycles. The van der Waals surface area contributed by atoms with Crippen LogP contribution in [-0.2, 0) is 6.18 Å². The van der Waals surface area contributed by atoms with Gasteiger partial charge in [0.15, 0.2) is 5.82 Å². The van der Waals surface area contributed by atoms with Crippen molar-refractivity contribution in [3.8, 4) is 17.2 Å². The molecular formula is C20H8F3N7O. The van der Waals surface area contributed by atoms with Gasteiger partial charge in [0.2, 0.25) is 11.6 Å². The second-order valence-electron chi connectivity index (χ2n) is 6.59. The summed E-state index contributed by atoms with van der Waals surface area (Å²) in [6, 6.07) is 8.53. The average molecular weight is 419 g/mol. The normalized spacial score (nSPS) is 12.4. The van der Waals surface area contributed by atoms with Crippen LogP contribution in [0.2, 0.25) is 0 Å². The summed E-state index contributed by atoms with van der Waals surface area (Å²) in [6.45, 7) is 0. The molecule has 1 aliphatic carbocycles. The van der Waals surface area contributed by atoms with E-state index < -0.39 is 17.8 Å². The van der Waals surface area contributed by atoms with Gasteiger partial charge in [-0.05, 0) is 24.3 Å². The van der Waals surface area contributed by atoms with Crippen LogP contribution in [0.5, 0.6) is 0 Å². The van der Waals surface area contributed by atoms with Gasteiger partial charge in [-0.2, -0.15) is 23.5 Å². The summed E-state index contributed by atoms with van der Waals surface area (Å²) < 4.78 is 39.0. The summed E-state index contributed by atoms with van der Waals surface area (Å²) in [5.74, 6) is -1.79. The van der Waals surface area contributed by atoms with E-state index in [0.29, 0.717) is 22.2 Å². The van der Waals surface area contributed by atoms with Crippen LogP contribution in [0.15, 0.2) is 42.9 Å². The molecule has 0 aliphatic heterocycles. The number of ketones is 1. The predicted octanol–water partition coefficient (Wildman–Crippen LogP) is 3.66. The minimum atomic E-state index is -4.77. The molecule has 0 radical (unpaired) electrons. The maximum absolute atomic E-state index is 13.0. The van der Waals surface area contributed by atoms with E-state index in [9.17, 15) is 23.2 Å². The second-order valence-corrected chi connectivity index (χ2v) is 6.59. The van der Waals surface area contributed by atoms with E-state index in [-0.39, 0.29) is 28.2 Å². The van der Waals surface area contributed by atoms with Crippen molar-refractivity contribution in [1.29, 1.82) is 5.26 Å². The fourth-order valence-corrected chi connectivity index (χ4v) is 3.39. The smallest absolute Gasteiger partial charge is 0.338 e. The molecule has 150 valence electrons. The number of carbonyl (C=O) groups is 1. The highest BCUT2D eigenvalue weighted by molar-refractivity contribution is 6.24. The summed E-state index contributed by atoms with van der Waals surface area (Å²) in [5.41, 5.74) is 1.76. The number of halogens is 3. The summed E-state index contributed by atoms with van der Waals surface area (Å²) in [4.78, 5) is 23.8. The van der Waals surface area contributed by atoms with Crippen LogP contribution in [0.25, 0.3) is 22.0 Å². The van der Waals surface area contributed by atoms with Gasteiger partial charge in [-0.1, -0.05) is 0 Å². The van der Waals surface area contributed by atoms with E-state index in [4.69, 9.17) is 0 Å². The first-order valence-corrected chi connectivity index (χ1v) is 8.77. The van der Waals surface area contributed by atoms with E-state index in [1.807, 2.05) is 6.07 Å². The van der Waals surface area contributed by atoms with Gasteiger partial charge in [0.05, 0.1) is 22.8 Å². The van der Waals surface area contributed by atoms with Gasteiger partial charge >= 0.3 is 6.18 Å². The van der Waals surface area contributed by atoms with Gasteiger partial charge in [0.25, 0.3) is 0 Å². The highest BCUT2D eigenvalue weighted by Crippen LogP contribution is 2.41. The number of nitrogens with one attached hydrogen (secondary N) is 1. The summed E-state index contributed by atoms with van der Waals surface area (Å²) in [6.07, 6.45) is -1.06. The molecule has 0 atom stereocenters. The minimum Gasteiger partial charge on any atom is -0.338 e. The van der Waals surface area contributed by atoms with Crippen molar-refractivity contribution in [2.75, 3.05) is 5.32 Å². The molecule has 3 heterocycles. The quantitative estimate of drug-likeness (QED) is 0.461. The number of rotatable bonds is 2. The first-order chi connectivity index (χ1) is 14.9. The number of anilines is 2. The molecule has 31 heavy (non-hydrogen) atoms. The molecule has 3 aromatic heterocycles. The Balaban J connectivity index is 1.67. The zero-order chi connectivity index (χ0) is 21.8. The summed E-state index contributed by atoms with van der Waals surface area (Å²) in [7, 11) is 0. The number of nitrogens with zero attached hydrogens (tertiary/aromatic N) is 6. The standard InChI is InChI=1S/C20H8F3N7O/c21-20(22,23)19-26-7-12-15-11-5-10(28-18-9(6-24)3-4-27-30-18)1-2-14(11)25-8-13(15)17(31)16(12)29-19/h1-5,7-8H,(H,28,30). The van der Waals surface area contributed by atoms with E-state index in [1.165, 1.54) is 18.5 Å². The van der Waals surface area contributed by atoms with Crippen LogP contribution >= 0.6 is 0 Å². The Labute approximate surface area is 171 Å². The van der Waals surface area contributed by atoms with Crippen molar-refractivity contribution in [1.82, 2.24) is 25.1 Å². The van der Waals surface area contributed by atoms with E-state index in [1.54, 1.807) is 18.2 Å². The van der Waals surface area contributed by atoms with Gasteiger partial charge in [0.1, 0.15) is 11.8 Å². The Morgan fingerprint density at radius 2 is 1.87 bits per heavy atom. The number of nitriles is 1. The summed E-state index contributed by atoms with van der Waals surface area (Å²) in [5, 5.41) is 20.4. The molecule has 0 spiro atoms. The highest BCUT2D eigenvalue weighted by Gasteiger charge is 2.38. The monoisotopic (exact) mass is 419 g/mol. The molecule has 1 aromatic carbocycles. The van der Waals surface area contributed by atoms with Crippen LogP contribution in [0.4, 0.5) is 24.7 Å². The number of hydrogen-bond acceptors (Lipinski definition) is 8. The number of carbonyl (C=O) groups excluding carboxylic acids is 1. The maximum Gasteiger partial charge on any atom is 0.451 e. The minimum absolute atomic E-state index is 0.144. The Kier molecular flexibility index (Phi) is 3.91. The number of alkyl halides is 3. The molecule has 0 unspecified atom stereocenters. The third-order valence-corrected chi connectivity index (χ3v) is 4.74. The van der Waals surface area contributed by atoms with Gasteiger partial charge < -0.3 is 5.32 Å². The molecule has 8 nitrogen and oxygen atoms in total. The first-order valence-electron chi connectivity index (χ1n) is 8.77. The van der Waals surface area contributed by atoms with E-state index in [2.05, 4.69) is 30.5 Å². The van der Waals surface area contributed by atoms with Crippen LogP contribution in [0.1, 0.15) is 27.4 Å². The Bertz CT molecular complexity index is 1440. The van der Waals surface area contributed by atoms with Gasteiger partial charge in [0, 0.05) is 34.6 Å². The fourth-order valence-electron chi connectivity index (χ4n) is 3.39. The molecule has 5 rings (SSSR count). The molecule has 4 aromatic rings. The molecule has 0 bridgehead atoms. The van der Waals surface area contributed by atoms with Crippen molar-refractivity contribution in [3.63, 3.8) is 0 Å². The number of pyridine rings is 1. The third-order valence-electron chi connectivity index (χ3n) is 4.74. The van der Waals surface area contributed by atoms with Crippen molar-refractivity contribution in [3.05, 3.63) is 65.5 Å². The second kappa shape index (κ2) is 6.53. The molecular weight excluding hydrogens is 411 g/mol. The number of aromatic nitrogens is 5. The number of hydrogen-bond donors (Lipinski definition) is 1. The SMILES string of the molecule is N#Cc1ccnnc1Nc1ccc2ncc3c(c2c1)-c1cnc(C(F)(F)F)nc1C3=O. The molecule has 1 N–H and O–H groups in total. The van der Waals surface area contributed by atoms with E-state index >= 15 is 0 Å². The van der Waals surface area contributed by atoms with Crippen molar-refractivity contribution < 1.29 is 18.0 Å². The van der Waals surface area contributed by atoms with Crippen molar-refractivity contribution >= 4 is 28.2 Å². The largest absolute Gasteiger partial charge is 0.451 e. The van der Waals surface area contributed by atoms with Crippen LogP contribution in [-0.4, -0.2) is 30.9 Å². The molecule has 0 amide bonds. The topological polar surface area (TPSA) is 117 Å². The van der Waals surface area contributed by atoms with Crippen LogP contribution in [0.3, 0.4) is 0 Å². The lowest BCUT2D eigenvalue weighted by Crippen LogP contribution is -2.13. The van der Waals surface area contributed by atoms with Crippen molar-refractivity contribution in [2.45, 2.75) is 6.18 Å². The lowest BCUT2D eigenvalue weighted by atomic mass is 10.0. The number of benzene rings is 1. The predicted molar refractivity (Wildman–Crippen MR) is 101 cm³/mol.